The molecule has 9 heteroatoms. The molecule has 1 aliphatic rings. The first-order chi connectivity index (χ1) is 15.4. The predicted molar refractivity (Wildman–Crippen MR) is 121 cm³/mol. The van der Waals surface area contributed by atoms with E-state index in [4.69, 9.17) is 11.6 Å². The zero-order valence-electron chi connectivity index (χ0n) is 17.3. The molecule has 2 heterocycles. The van der Waals surface area contributed by atoms with Crippen LogP contribution in [0, 0.1) is 0 Å². The second kappa shape index (κ2) is 8.84. The maximum absolute atomic E-state index is 12.7. The molecule has 2 N–H and O–H groups in total. The fourth-order valence-corrected chi connectivity index (χ4v) is 3.86. The Bertz CT molecular complexity index is 1300. The monoisotopic (exact) mass is 452 g/mol. The highest BCUT2D eigenvalue weighted by Crippen LogP contribution is 2.34. The second-order valence-corrected chi connectivity index (χ2v) is 7.88. The molecule has 0 bridgehead atoms. The Balaban J connectivity index is 1.77. The summed E-state index contributed by atoms with van der Waals surface area (Å²) in [5, 5.41) is 17.2. The molecule has 0 radical (unpaired) electrons. The number of H-pyrrole nitrogens is 1. The topological polar surface area (TPSA) is 108 Å². The van der Waals surface area contributed by atoms with Crippen molar-refractivity contribution < 1.29 is 9.90 Å². The van der Waals surface area contributed by atoms with E-state index in [1.807, 2.05) is 30.3 Å². The minimum absolute atomic E-state index is 0.0702. The number of aromatic hydroxyl groups is 1. The van der Waals surface area contributed by atoms with Gasteiger partial charge in [-0.25, -0.2) is 9.80 Å². The molecule has 0 spiro atoms. The maximum atomic E-state index is 12.7. The van der Waals surface area contributed by atoms with Gasteiger partial charge in [-0.05, 0) is 23.3 Å². The van der Waals surface area contributed by atoms with Crippen LogP contribution in [0.15, 0.2) is 69.3 Å². The predicted octanol–water partition coefficient (Wildman–Crippen LogP) is 3.03. The summed E-state index contributed by atoms with van der Waals surface area (Å²) in [6, 6.07) is 15.7. The molecule has 8 nitrogen and oxygen atoms in total. The van der Waals surface area contributed by atoms with Gasteiger partial charge in [0.05, 0.1) is 18.3 Å². The summed E-state index contributed by atoms with van der Waals surface area (Å²) < 4.78 is 1.08. The van der Waals surface area contributed by atoms with Gasteiger partial charge in [0.15, 0.2) is 0 Å². The van der Waals surface area contributed by atoms with Crippen LogP contribution >= 0.6 is 11.6 Å². The Hall–Kier alpha value is -3.65. The van der Waals surface area contributed by atoms with Gasteiger partial charge in [-0.1, -0.05) is 61.0 Å². The molecular formula is C23H21ClN4O4. The number of rotatable bonds is 5. The smallest absolute Gasteiger partial charge is 0.331 e. The normalized spacial score (nSPS) is 15.6. The highest BCUT2D eigenvalue weighted by atomic mass is 35.5. The zero-order chi connectivity index (χ0) is 22.8. The molecule has 3 aromatic rings. The van der Waals surface area contributed by atoms with Crippen molar-refractivity contribution in [2.24, 2.45) is 5.10 Å². The van der Waals surface area contributed by atoms with Gasteiger partial charge in [-0.15, -0.1) is 0 Å². The molecule has 0 aliphatic carbocycles. The van der Waals surface area contributed by atoms with Crippen molar-refractivity contribution in [3.05, 3.63) is 97.1 Å². The Morgan fingerprint density at radius 2 is 1.84 bits per heavy atom. The summed E-state index contributed by atoms with van der Waals surface area (Å²) in [5.74, 6) is -0.713. The summed E-state index contributed by atoms with van der Waals surface area (Å²) in [5.41, 5.74) is 0.199. The highest BCUT2D eigenvalue weighted by Gasteiger charge is 2.35. The van der Waals surface area contributed by atoms with Crippen molar-refractivity contribution in [1.29, 1.82) is 0 Å². The molecule has 1 aliphatic heterocycles. The third-order valence-electron chi connectivity index (χ3n) is 5.37. The van der Waals surface area contributed by atoms with Gasteiger partial charge in [0.2, 0.25) is 11.8 Å². The lowest BCUT2D eigenvalue weighted by Gasteiger charge is -2.21. The van der Waals surface area contributed by atoms with Crippen LogP contribution in [0.5, 0.6) is 5.88 Å². The number of halogens is 1. The lowest BCUT2D eigenvalue weighted by Crippen LogP contribution is -2.34. The lowest BCUT2D eigenvalue weighted by atomic mass is 9.99. The Labute approximate surface area is 188 Å². The van der Waals surface area contributed by atoms with Gasteiger partial charge >= 0.3 is 5.69 Å². The minimum Gasteiger partial charge on any atom is -0.494 e. The molecule has 1 aromatic heterocycles. The van der Waals surface area contributed by atoms with E-state index < -0.39 is 23.2 Å². The Kier molecular flexibility index (Phi) is 5.96. The molecule has 164 valence electrons. The number of hydrogen-bond acceptors (Lipinski definition) is 5. The lowest BCUT2D eigenvalue weighted by molar-refractivity contribution is -0.132. The number of aromatic amines is 1. The van der Waals surface area contributed by atoms with Crippen LogP contribution in [0.3, 0.4) is 0 Å². The summed E-state index contributed by atoms with van der Waals surface area (Å²) in [6.07, 6.45) is 0.421. The van der Waals surface area contributed by atoms with E-state index in [0.717, 1.165) is 15.7 Å². The van der Waals surface area contributed by atoms with Gasteiger partial charge < -0.3 is 5.11 Å². The number of nitrogens with zero attached hydrogens (tertiary/aromatic N) is 3. The first-order valence-corrected chi connectivity index (χ1v) is 10.5. The van der Waals surface area contributed by atoms with Crippen molar-refractivity contribution in [1.82, 2.24) is 14.6 Å². The molecule has 0 saturated heterocycles. The largest absolute Gasteiger partial charge is 0.494 e. The highest BCUT2D eigenvalue weighted by molar-refractivity contribution is 6.30. The van der Waals surface area contributed by atoms with Gasteiger partial charge in [-0.3, -0.25) is 19.1 Å². The first-order valence-electron chi connectivity index (χ1n) is 10.1. The standard InChI is InChI=1S/C23H21ClN4O4/c1-2-19(29)28-18(15-8-10-16(24)11-9-15)12-17(26-28)20-21(30)25-23(32)27(22(20)31)13-14-6-4-3-5-7-14/h3-11,18,31H,2,12-13H2,1H3,(H,25,30,32)/t18-/m1/s1. The van der Waals surface area contributed by atoms with E-state index in [9.17, 15) is 19.5 Å². The van der Waals surface area contributed by atoms with Crippen LogP contribution in [0.1, 0.15) is 42.5 Å². The number of hydrazone groups is 1. The van der Waals surface area contributed by atoms with Gasteiger partial charge in [0.1, 0.15) is 5.56 Å². The molecule has 32 heavy (non-hydrogen) atoms. The van der Waals surface area contributed by atoms with Gasteiger partial charge in [0, 0.05) is 17.9 Å². The van der Waals surface area contributed by atoms with E-state index in [1.54, 1.807) is 31.2 Å². The summed E-state index contributed by atoms with van der Waals surface area (Å²) in [7, 11) is 0. The third-order valence-corrected chi connectivity index (χ3v) is 5.62. The quantitative estimate of drug-likeness (QED) is 0.620. The van der Waals surface area contributed by atoms with Crippen molar-refractivity contribution in [3.63, 3.8) is 0 Å². The van der Waals surface area contributed by atoms with Crippen molar-refractivity contribution in [2.75, 3.05) is 0 Å². The first kappa shape index (κ1) is 21.6. The maximum Gasteiger partial charge on any atom is 0.331 e. The fourth-order valence-electron chi connectivity index (χ4n) is 3.73. The number of nitrogens with one attached hydrogen (secondary N) is 1. The van der Waals surface area contributed by atoms with E-state index in [0.29, 0.717) is 5.02 Å². The van der Waals surface area contributed by atoms with Gasteiger partial charge in [-0.2, -0.15) is 5.10 Å². The van der Waals surface area contributed by atoms with Crippen molar-refractivity contribution in [2.45, 2.75) is 32.4 Å². The average Bonchev–Trinajstić information content (AvgIpc) is 3.22. The molecule has 1 amide bonds. The zero-order valence-corrected chi connectivity index (χ0v) is 18.0. The van der Waals surface area contributed by atoms with Crippen LogP contribution in [-0.2, 0) is 11.3 Å². The molecular weight excluding hydrogens is 432 g/mol. The molecule has 0 saturated carbocycles. The van der Waals surface area contributed by atoms with Crippen LogP contribution in [0.2, 0.25) is 5.02 Å². The molecule has 4 rings (SSSR count). The summed E-state index contributed by atoms with van der Waals surface area (Å²) >= 11 is 5.99. The number of aromatic nitrogens is 2. The van der Waals surface area contributed by atoms with Crippen LogP contribution in [0.25, 0.3) is 0 Å². The number of carbonyl (C=O) groups is 1. The fraction of sp³-hybridized carbons (Fsp3) is 0.217. The van der Waals surface area contributed by atoms with E-state index in [2.05, 4.69) is 10.1 Å². The molecule has 1 atom stereocenters. The van der Waals surface area contributed by atoms with Crippen LogP contribution in [0.4, 0.5) is 0 Å². The summed E-state index contributed by atoms with van der Waals surface area (Å²) in [6.45, 7) is 1.79. The average molecular weight is 453 g/mol. The van der Waals surface area contributed by atoms with Crippen molar-refractivity contribution >= 4 is 23.2 Å². The van der Waals surface area contributed by atoms with Crippen LogP contribution < -0.4 is 11.2 Å². The molecule has 0 fully saturated rings. The Morgan fingerprint density at radius 1 is 1.16 bits per heavy atom. The van der Waals surface area contributed by atoms with Gasteiger partial charge in [0.25, 0.3) is 5.56 Å². The molecule has 0 unspecified atom stereocenters. The van der Waals surface area contributed by atoms with Crippen LogP contribution in [-0.4, -0.2) is 31.3 Å². The SMILES string of the molecule is CCC(=O)N1N=C(c2c(O)n(Cc3ccccc3)c(=O)[nH]c2=O)C[C@@H]1c1ccc(Cl)cc1. The van der Waals surface area contributed by atoms with E-state index in [1.165, 1.54) is 5.01 Å². The molecule has 2 aromatic carbocycles. The summed E-state index contributed by atoms with van der Waals surface area (Å²) in [4.78, 5) is 39.9. The number of amides is 1. The minimum atomic E-state index is -0.754. The van der Waals surface area contributed by atoms with Crippen molar-refractivity contribution in [3.8, 4) is 5.88 Å². The second-order valence-electron chi connectivity index (χ2n) is 7.44. The number of hydrogen-bond donors (Lipinski definition) is 2. The van der Waals surface area contributed by atoms with E-state index >= 15 is 0 Å². The Morgan fingerprint density at radius 3 is 2.50 bits per heavy atom. The van der Waals surface area contributed by atoms with E-state index in [-0.39, 0.29) is 36.6 Å². The third kappa shape index (κ3) is 4.09. The number of carbonyl (C=O) groups excluding carboxylic acids is 1. The number of benzene rings is 2.